The summed E-state index contributed by atoms with van der Waals surface area (Å²) in [7, 11) is 0. The molecule has 1 saturated heterocycles. The molecule has 0 bridgehead atoms. The summed E-state index contributed by atoms with van der Waals surface area (Å²) in [5, 5.41) is 2.84. The smallest absolute Gasteiger partial charge is 0.220 e. The Balaban J connectivity index is 2.00. The number of ether oxygens (including phenoxy) is 1. The molecule has 0 saturated carbocycles. The van der Waals surface area contributed by atoms with Crippen LogP contribution in [0.4, 0.5) is 0 Å². The van der Waals surface area contributed by atoms with Crippen molar-refractivity contribution in [1.82, 2.24) is 5.32 Å². The monoisotopic (exact) mass is 157 g/mol. The van der Waals surface area contributed by atoms with E-state index in [0.717, 1.165) is 26.2 Å². The number of amides is 1. The van der Waals surface area contributed by atoms with Gasteiger partial charge in [0.1, 0.15) is 0 Å². The standard InChI is InChI=1S/C8H15NO2/c1-2-3-9-8(10)4-7-5-11-6-7/h7H,2-6H2,1H3,(H,9,10). The molecule has 0 radical (unpaired) electrons. The first-order chi connectivity index (χ1) is 5.33. The van der Waals surface area contributed by atoms with Crippen LogP contribution in [0.2, 0.25) is 0 Å². The number of carbonyl (C=O) groups is 1. The topological polar surface area (TPSA) is 38.3 Å². The van der Waals surface area contributed by atoms with Crippen LogP contribution in [0.1, 0.15) is 19.8 Å². The highest BCUT2D eigenvalue weighted by molar-refractivity contribution is 5.76. The molecule has 1 fully saturated rings. The second kappa shape index (κ2) is 4.34. The van der Waals surface area contributed by atoms with Crippen molar-refractivity contribution >= 4 is 5.91 Å². The summed E-state index contributed by atoms with van der Waals surface area (Å²) in [5.41, 5.74) is 0. The minimum Gasteiger partial charge on any atom is -0.381 e. The van der Waals surface area contributed by atoms with Gasteiger partial charge in [-0.3, -0.25) is 4.79 Å². The van der Waals surface area contributed by atoms with E-state index in [4.69, 9.17) is 4.74 Å². The van der Waals surface area contributed by atoms with Crippen LogP contribution in [0.3, 0.4) is 0 Å². The molecule has 3 heteroatoms. The van der Waals surface area contributed by atoms with Gasteiger partial charge in [0.25, 0.3) is 0 Å². The van der Waals surface area contributed by atoms with E-state index in [0.29, 0.717) is 12.3 Å². The summed E-state index contributed by atoms with van der Waals surface area (Å²) in [5.74, 6) is 0.645. The van der Waals surface area contributed by atoms with Crippen molar-refractivity contribution in [3.8, 4) is 0 Å². The first-order valence-corrected chi connectivity index (χ1v) is 4.17. The number of rotatable bonds is 4. The lowest BCUT2D eigenvalue weighted by molar-refractivity contribution is -0.126. The van der Waals surface area contributed by atoms with Gasteiger partial charge >= 0.3 is 0 Å². The highest BCUT2D eigenvalue weighted by Gasteiger charge is 2.20. The van der Waals surface area contributed by atoms with Gasteiger partial charge in [-0.1, -0.05) is 6.92 Å². The molecule has 0 aliphatic carbocycles. The van der Waals surface area contributed by atoms with Crippen LogP contribution in [0.25, 0.3) is 0 Å². The lowest BCUT2D eigenvalue weighted by Crippen LogP contribution is -2.34. The fourth-order valence-electron chi connectivity index (χ4n) is 1.00. The summed E-state index contributed by atoms with van der Waals surface area (Å²) < 4.78 is 4.96. The third-order valence-corrected chi connectivity index (χ3v) is 1.75. The van der Waals surface area contributed by atoms with Gasteiger partial charge in [0, 0.05) is 18.9 Å². The molecule has 11 heavy (non-hydrogen) atoms. The molecule has 1 rings (SSSR count). The zero-order valence-corrected chi connectivity index (χ0v) is 6.93. The highest BCUT2D eigenvalue weighted by atomic mass is 16.5. The van der Waals surface area contributed by atoms with Crippen LogP contribution in [0, 0.1) is 5.92 Å². The lowest BCUT2D eigenvalue weighted by Gasteiger charge is -2.25. The molecule has 1 amide bonds. The zero-order chi connectivity index (χ0) is 8.10. The third kappa shape index (κ3) is 2.89. The number of hydrogen-bond donors (Lipinski definition) is 1. The second-order valence-corrected chi connectivity index (χ2v) is 2.96. The Kier molecular flexibility index (Phi) is 3.36. The van der Waals surface area contributed by atoms with Crippen molar-refractivity contribution in [2.45, 2.75) is 19.8 Å². The molecule has 0 aromatic heterocycles. The Labute approximate surface area is 67.1 Å². The van der Waals surface area contributed by atoms with Gasteiger partial charge in [0.2, 0.25) is 5.91 Å². The van der Waals surface area contributed by atoms with Crippen LogP contribution in [0.15, 0.2) is 0 Å². The summed E-state index contributed by atoms with van der Waals surface area (Å²) in [4.78, 5) is 11.0. The first kappa shape index (κ1) is 8.53. The number of nitrogens with one attached hydrogen (secondary N) is 1. The number of carbonyl (C=O) groups excluding carboxylic acids is 1. The van der Waals surface area contributed by atoms with Gasteiger partial charge in [0.15, 0.2) is 0 Å². The van der Waals surface area contributed by atoms with E-state index in [1.807, 2.05) is 6.92 Å². The Bertz CT molecular complexity index is 132. The van der Waals surface area contributed by atoms with E-state index in [9.17, 15) is 4.79 Å². The van der Waals surface area contributed by atoms with Crippen LogP contribution < -0.4 is 5.32 Å². The molecular formula is C8H15NO2. The molecule has 64 valence electrons. The minimum atomic E-state index is 0.167. The molecule has 0 aromatic rings. The summed E-state index contributed by atoms with van der Waals surface area (Å²) in [6.07, 6.45) is 1.65. The van der Waals surface area contributed by atoms with E-state index in [-0.39, 0.29) is 5.91 Å². The molecule has 0 aromatic carbocycles. The predicted octanol–water partition coefficient (Wildman–Crippen LogP) is 0.549. The van der Waals surface area contributed by atoms with Gasteiger partial charge in [-0.25, -0.2) is 0 Å². The molecule has 1 heterocycles. The van der Waals surface area contributed by atoms with Crippen molar-refractivity contribution < 1.29 is 9.53 Å². The second-order valence-electron chi connectivity index (χ2n) is 2.96. The van der Waals surface area contributed by atoms with Gasteiger partial charge in [-0.2, -0.15) is 0 Å². The first-order valence-electron chi connectivity index (χ1n) is 4.17. The van der Waals surface area contributed by atoms with Crippen LogP contribution >= 0.6 is 0 Å². The quantitative estimate of drug-likeness (QED) is 0.647. The zero-order valence-electron chi connectivity index (χ0n) is 6.93. The molecule has 0 atom stereocenters. The summed E-state index contributed by atoms with van der Waals surface area (Å²) >= 11 is 0. The molecule has 3 nitrogen and oxygen atoms in total. The van der Waals surface area contributed by atoms with E-state index in [1.54, 1.807) is 0 Å². The van der Waals surface area contributed by atoms with Gasteiger partial charge in [-0.15, -0.1) is 0 Å². The van der Waals surface area contributed by atoms with Gasteiger partial charge in [-0.05, 0) is 6.42 Å². The van der Waals surface area contributed by atoms with E-state index >= 15 is 0 Å². The van der Waals surface area contributed by atoms with Crippen molar-refractivity contribution in [3.05, 3.63) is 0 Å². The summed E-state index contributed by atoms with van der Waals surface area (Å²) in [6, 6.07) is 0. The maximum atomic E-state index is 11.0. The maximum Gasteiger partial charge on any atom is 0.220 e. The van der Waals surface area contributed by atoms with Crippen LogP contribution in [0.5, 0.6) is 0 Å². The maximum absolute atomic E-state index is 11.0. The number of hydrogen-bond acceptors (Lipinski definition) is 2. The fourth-order valence-corrected chi connectivity index (χ4v) is 1.00. The third-order valence-electron chi connectivity index (χ3n) is 1.75. The van der Waals surface area contributed by atoms with Crippen LogP contribution in [-0.4, -0.2) is 25.7 Å². The average Bonchev–Trinajstić information content (AvgIpc) is 1.93. The SMILES string of the molecule is CCCNC(=O)CC1COC1. The molecule has 1 aliphatic heterocycles. The molecule has 0 spiro atoms. The van der Waals surface area contributed by atoms with E-state index in [2.05, 4.69) is 5.32 Å². The minimum absolute atomic E-state index is 0.167. The molecule has 0 unspecified atom stereocenters. The molecule has 1 aliphatic rings. The van der Waals surface area contributed by atoms with Gasteiger partial charge < -0.3 is 10.1 Å². The Morgan fingerprint density at radius 1 is 1.64 bits per heavy atom. The van der Waals surface area contributed by atoms with Crippen molar-refractivity contribution in [2.24, 2.45) is 5.92 Å². The molecule has 1 N–H and O–H groups in total. The van der Waals surface area contributed by atoms with Crippen molar-refractivity contribution in [1.29, 1.82) is 0 Å². The van der Waals surface area contributed by atoms with Crippen molar-refractivity contribution in [3.63, 3.8) is 0 Å². The average molecular weight is 157 g/mol. The Morgan fingerprint density at radius 3 is 2.82 bits per heavy atom. The largest absolute Gasteiger partial charge is 0.381 e. The normalized spacial score (nSPS) is 17.5. The predicted molar refractivity (Wildman–Crippen MR) is 42.2 cm³/mol. The highest BCUT2D eigenvalue weighted by Crippen LogP contribution is 2.13. The molecular weight excluding hydrogens is 142 g/mol. The van der Waals surface area contributed by atoms with E-state index in [1.165, 1.54) is 0 Å². The lowest BCUT2D eigenvalue weighted by atomic mass is 10.0. The summed E-state index contributed by atoms with van der Waals surface area (Å²) in [6.45, 7) is 4.37. The van der Waals surface area contributed by atoms with Gasteiger partial charge in [0.05, 0.1) is 13.2 Å². The Hall–Kier alpha value is -0.570. The van der Waals surface area contributed by atoms with Crippen LogP contribution in [-0.2, 0) is 9.53 Å². The fraction of sp³-hybridized carbons (Fsp3) is 0.875. The Morgan fingerprint density at radius 2 is 2.36 bits per heavy atom. The van der Waals surface area contributed by atoms with Crippen molar-refractivity contribution in [2.75, 3.05) is 19.8 Å². The van der Waals surface area contributed by atoms with E-state index < -0.39 is 0 Å².